The van der Waals surface area contributed by atoms with Gasteiger partial charge in [-0.25, -0.2) is 0 Å². The SMILES string of the molecule is c1ccc(Nc2cccc(-c3cccc(Nc4ccccc4)c3)c2)cc1. The molecule has 0 spiro atoms. The van der Waals surface area contributed by atoms with Crippen LogP contribution in [0.15, 0.2) is 109 Å². The van der Waals surface area contributed by atoms with Crippen molar-refractivity contribution >= 4 is 22.7 Å². The van der Waals surface area contributed by atoms with Gasteiger partial charge < -0.3 is 10.6 Å². The van der Waals surface area contributed by atoms with E-state index in [9.17, 15) is 0 Å². The van der Waals surface area contributed by atoms with Gasteiger partial charge in [0.05, 0.1) is 0 Å². The lowest BCUT2D eigenvalue weighted by Crippen LogP contribution is -1.91. The lowest BCUT2D eigenvalue weighted by Gasteiger charge is -2.11. The first-order chi connectivity index (χ1) is 12.9. The number of hydrogen-bond acceptors (Lipinski definition) is 2. The molecule has 0 heterocycles. The number of hydrogen-bond donors (Lipinski definition) is 2. The number of nitrogens with one attached hydrogen (secondary N) is 2. The van der Waals surface area contributed by atoms with Gasteiger partial charge in [-0.05, 0) is 59.7 Å². The molecule has 0 aliphatic heterocycles. The van der Waals surface area contributed by atoms with Crippen molar-refractivity contribution in [3.8, 4) is 11.1 Å². The van der Waals surface area contributed by atoms with Crippen LogP contribution in [0.25, 0.3) is 11.1 Å². The molecule has 126 valence electrons. The number of benzene rings is 4. The Labute approximate surface area is 154 Å². The van der Waals surface area contributed by atoms with E-state index in [-0.39, 0.29) is 0 Å². The zero-order valence-electron chi connectivity index (χ0n) is 14.4. The molecule has 4 rings (SSSR count). The molecule has 4 aromatic rings. The Balaban J connectivity index is 1.57. The Kier molecular flexibility index (Phi) is 4.66. The Morgan fingerprint density at radius 3 is 1.15 bits per heavy atom. The van der Waals surface area contributed by atoms with E-state index in [0.717, 1.165) is 22.7 Å². The molecule has 0 saturated heterocycles. The predicted molar refractivity (Wildman–Crippen MR) is 111 cm³/mol. The van der Waals surface area contributed by atoms with Gasteiger partial charge >= 0.3 is 0 Å². The molecule has 0 bridgehead atoms. The van der Waals surface area contributed by atoms with Crippen LogP contribution < -0.4 is 10.6 Å². The summed E-state index contributed by atoms with van der Waals surface area (Å²) >= 11 is 0. The molecular formula is C24H20N2. The highest BCUT2D eigenvalue weighted by Gasteiger charge is 2.02. The molecular weight excluding hydrogens is 316 g/mol. The molecule has 26 heavy (non-hydrogen) atoms. The van der Waals surface area contributed by atoms with E-state index < -0.39 is 0 Å². The molecule has 0 fully saturated rings. The van der Waals surface area contributed by atoms with Crippen molar-refractivity contribution in [3.63, 3.8) is 0 Å². The quantitative estimate of drug-likeness (QED) is 0.417. The van der Waals surface area contributed by atoms with Crippen molar-refractivity contribution in [2.75, 3.05) is 10.6 Å². The maximum Gasteiger partial charge on any atom is 0.0390 e. The highest BCUT2D eigenvalue weighted by Crippen LogP contribution is 2.27. The lowest BCUT2D eigenvalue weighted by atomic mass is 10.0. The molecule has 2 nitrogen and oxygen atoms in total. The highest BCUT2D eigenvalue weighted by atomic mass is 14.9. The molecule has 0 unspecified atom stereocenters. The molecule has 2 heteroatoms. The average molecular weight is 336 g/mol. The molecule has 0 amide bonds. The summed E-state index contributed by atoms with van der Waals surface area (Å²) in [5.74, 6) is 0. The van der Waals surface area contributed by atoms with E-state index >= 15 is 0 Å². The van der Waals surface area contributed by atoms with Crippen molar-refractivity contribution in [2.24, 2.45) is 0 Å². The third-order valence-corrected chi connectivity index (χ3v) is 4.18. The zero-order valence-corrected chi connectivity index (χ0v) is 14.4. The first kappa shape index (κ1) is 16.0. The Morgan fingerprint density at radius 1 is 0.346 bits per heavy atom. The maximum atomic E-state index is 3.45. The Morgan fingerprint density at radius 2 is 0.731 bits per heavy atom. The molecule has 0 aliphatic rings. The molecule has 0 saturated carbocycles. The minimum absolute atomic E-state index is 1.08. The third-order valence-electron chi connectivity index (χ3n) is 4.18. The van der Waals surface area contributed by atoms with Crippen molar-refractivity contribution < 1.29 is 0 Å². The van der Waals surface area contributed by atoms with E-state index in [2.05, 4.69) is 83.4 Å². The summed E-state index contributed by atoms with van der Waals surface area (Å²) in [4.78, 5) is 0. The molecule has 0 radical (unpaired) electrons. The van der Waals surface area contributed by atoms with Gasteiger partial charge in [-0.15, -0.1) is 0 Å². The van der Waals surface area contributed by atoms with Gasteiger partial charge in [-0.2, -0.15) is 0 Å². The van der Waals surface area contributed by atoms with E-state index in [1.54, 1.807) is 0 Å². The topological polar surface area (TPSA) is 24.1 Å². The summed E-state index contributed by atoms with van der Waals surface area (Å²) in [5.41, 5.74) is 6.70. The van der Waals surface area contributed by atoms with Gasteiger partial charge in [0.15, 0.2) is 0 Å². The first-order valence-corrected chi connectivity index (χ1v) is 8.71. The molecule has 0 aliphatic carbocycles. The normalized spacial score (nSPS) is 10.3. The van der Waals surface area contributed by atoms with Crippen molar-refractivity contribution in [1.82, 2.24) is 0 Å². The van der Waals surface area contributed by atoms with Gasteiger partial charge in [-0.3, -0.25) is 0 Å². The van der Waals surface area contributed by atoms with Gasteiger partial charge in [-0.1, -0.05) is 60.7 Å². The van der Waals surface area contributed by atoms with Crippen LogP contribution in [0.1, 0.15) is 0 Å². The number of rotatable bonds is 5. The minimum atomic E-state index is 1.08. The van der Waals surface area contributed by atoms with Gasteiger partial charge in [0.1, 0.15) is 0 Å². The molecule has 0 atom stereocenters. The van der Waals surface area contributed by atoms with Crippen LogP contribution in [-0.4, -0.2) is 0 Å². The standard InChI is InChI=1S/C24H20N2/c1-3-11-21(12-4-1)25-23-15-7-9-19(17-23)20-10-8-16-24(18-20)26-22-13-5-2-6-14-22/h1-18,25-26H. The molecule has 4 aromatic carbocycles. The van der Waals surface area contributed by atoms with Gasteiger partial charge in [0.2, 0.25) is 0 Å². The second-order valence-electron chi connectivity index (χ2n) is 6.14. The summed E-state index contributed by atoms with van der Waals surface area (Å²) in [7, 11) is 0. The van der Waals surface area contributed by atoms with E-state index in [1.165, 1.54) is 11.1 Å². The summed E-state index contributed by atoms with van der Waals surface area (Å²) in [5, 5.41) is 6.91. The van der Waals surface area contributed by atoms with Crippen LogP contribution in [0.4, 0.5) is 22.7 Å². The Bertz CT molecular complexity index is 896. The summed E-state index contributed by atoms with van der Waals surface area (Å²) in [6.45, 7) is 0. The van der Waals surface area contributed by atoms with Crippen LogP contribution in [0.3, 0.4) is 0 Å². The summed E-state index contributed by atoms with van der Waals surface area (Å²) in [6.07, 6.45) is 0. The summed E-state index contributed by atoms with van der Waals surface area (Å²) < 4.78 is 0. The van der Waals surface area contributed by atoms with E-state index in [4.69, 9.17) is 0 Å². The summed E-state index contributed by atoms with van der Waals surface area (Å²) in [6, 6.07) is 37.4. The fraction of sp³-hybridized carbons (Fsp3) is 0. The lowest BCUT2D eigenvalue weighted by molar-refractivity contribution is 1.52. The van der Waals surface area contributed by atoms with Crippen molar-refractivity contribution in [2.45, 2.75) is 0 Å². The van der Waals surface area contributed by atoms with Gasteiger partial charge in [0.25, 0.3) is 0 Å². The minimum Gasteiger partial charge on any atom is -0.356 e. The Hall–Kier alpha value is -3.52. The molecule has 0 aromatic heterocycles. The zero-order chi connectivity index (χ0) is 17.6. The van der Waals surface area contributed by atoms with Gasteiger partial charge in [0, 0.05) is 22.7 Å². The predicted octanol–water partition coefficient (Wildman–Crippen LogP) is 6.84. The van der Waals surface area contributed by atoms with Crippen LogP contribution in [-0.2, 0) is 0 Å². The maximum absolute atomic E-state index is 3.45. The third kappa shape index (κ3) is 3.93. The largest absolute Gasteiger partial charge is 0.356 e. The number of anilines is 4. The van der Waals surface area contributed by atoms with Crippen molar-refractivity contribution in [3.05, 3.63) is 109 Å². The fourth-order valence-electron chi connectivity index (χ4n) is 2.93. The fourth-order valence-corrected chi connectivity index (χ4v) is 2.93. The second-order valence-corrected chi connectivity index (χ2v) is 6.14. The van der Waals surface area contributed by atoms with Crippen LogP contribution in [0.2, 0.25) is 0 Å². The second kappa shape index (κ2) is 7.58. The van der Waals surface area contributed by atoms with E-state index in [0.29, 0.717) is 0 Å². The number of para-hydroxylation sites is 2. The monoisotopic (exact) mass is 336 g/mol. The van der Waals surface area contributed by atoms with Crippen LogP contribution in [0.5, 0.6) is 0 Å². The average Bonchev–Trinajstić information content (AvgIpc) is 2.70. The first-order valence-electron chi connectivity index (χ1n) is 8.71. The van der Waals surface area contributed by atoms with Crippen LogP contribution in [0, 0.1) is 0 Å². The smallest absolute Gasteiger partial charge is 0.0390 e. The van der Waals surface area contributed by atoms with E-state index in [1.807, 2.05) is 36.4 Å². The van der Waals surface area contributed by atoms with Crippen LogP contribution >= 0.6 is 0 Å². The highest BCUT2D eigenvalue weighted by molar-refractivity contribution is 5.74. The van der Waals surface area contributed by atoms with Crippen molar-refractivity contribution in [1.29, 1.82) is 0 Å². The molecule has 2 N–H and O–H groups in total.